The standard InChI is InChI=1S/C13H26N2O2/c1-4-11(2)12(3)13(16)14-5-6-15-7-9-17-10-8-15/h11-12H,4-10H2,1-3H3,(H,14,16). The maximum atomic E-state index is 11.8. The zero-order valence-electron chi connectivity index (χ0n) is 11.4. The number of hydrogen-bond donors (Lipinski definition) is 1. The molecule has 0 radical (unpaired) electrons. The SMILES string of the molecule is CCC(C)C(C)C(=O)NCCN1CCOCC1. The Hall–Kier alpha value is -0.610. The first-order chi connectivity index (χ1) is 8.15. The Kier molecular flexibility index (Phi) is 6.52. The first-order valence-electron chi connectivity index (χ1n) is 6.73. The lowest BCUT2D eigenvalue weighted by molar-refractivity contribution is -0.126. The summed E-state index contributed by atoms with van der Waals surface area (Å²) in [6.07, 6.45) is 1.05. The van der Waals surface area contributed by atoms with Crippen molar-refractivity contribution in [1.29, 1.82) is 0 Å². The van der Waals surface area contributed by atoms with E-state index in [0.29, 0.717) is 5.92 Å². The number of hydrogen-bond acceptors (Lipinski definition) is 3. The van der Waals surface area contributed by atoms with Crippen molar-refractivity contribution in [3.05, 3.63) is 0 Å². The Morgan fingerprint density at radius 3 is 2.59 bits per heavy atom. The fraction of sp³-hybridized carbons (Fsp3) is 0.923. The smallest absolute Gasteiger partial charge is 0.223 e. The van der Waals surface area contributed by atoms with Crippen molar-refractivity contribution in [1.82, 2.24) is 10.2 Å². The molecule has 1 N–H and O–H groups in total. The van der Waals surface area contributed by atoms with Crippen molar-refractivity contribution in [2.75, 3.05) is 39.4 Å². The minimum atomic E-state index is 0.115. The third-order valence-corrected chi connectivity index (χ3v) is 3.74. The summed E-state index contributed by atoms with van der Waals surface area (Å²) in [5, 5.41) is 3.02. The van der Waals surface area contributed by atoms with E-state index in [2.05, 4.69) is 24.1 Å². The van der Waals surface area contributed by atoms with Gasteiger partial charge in [0.05, 0.1) is 13.2 Å². The van der Waals surface area contributed by atoms with Crippen LogP contribution in [0.15, 0.2) is 0 Å². The molecule has 100 valence electrons. The van der Waals surface area contributed by atoms with Crippen LogP contribution in [0, 0.1) is 11.8 Å². The van der Waals surface area contributed by atoms with Crippen LogP contribution in [-0.4, -0.2) is 50.2 Å². The first-order valence-corrected chi connectivity index (χ1v) is 6.73. The summed E-state index contributed by atoms with van der Waals surface area (Å²) in [6, 6.07) is 0. The number of rotatable bonds is 6. The van der Waals surface area contributed by atoms with Gasteiger partial charge in [-0.1, -0.05) is 27.2 Å². The van der Waals surface area contributed by atoms with Crippen LogP contribution < -0.4 is 5.32 Å². The molecule has 17 heavy (non-hydrogen) atoms. The third-order valence-electron chi connectivity index (χ3n) is 3.74. The van der Waals surface area contributed by atoms with Gasteiger partial charge in [0, 0.05) is 32.1 Å². The number of carbonyl (C=O) groups is 1. The maximum Gasteiger partial charge on any atom is 0.223 e. The molecular formula is C13H26N2O2. The van der Waals surface area contributed by atoms with Gasteiger partial charge >= 0.3 is 0 Å². The molecule has 0 aliphatic carbocycles. The Labute approximate surface area is 105 Å². The molecule has 0 spiro atoms. The van der Waals surface area contributed by atoms with E-state index in [1.165, 1.54) is 0 Å². The van der Waals surface area contributed by atoms with E-state index in [4.69, 9.17) is 4.74 Å². The summed E-state index contributed by atoms with van der Waals surface area (Å²) in [5.41, 5.74) is 0. The summed E-state index contributed by atoms with van der Waals surface area (Å²) in [4.78, 5) is 14.2. The third kappa shape index (κ3) is 5.04. The topological polar surface area (TPSA) is 41.6 Å². The molecule has 1 saturated heterocycles. The molecule has 0 aromatic heterocycles. The number of ether oxygens (including phenoxy) is 1. The highest BCUT2D eigenvalue weighted by molar-refractivity contribution is 5.78. The van der Waals surface area contributed by atoms with Gasteiger partial charge in [-0.15, -0.1) is 0 Å². The van der Waals surface area contributed by atoms with Crippen molar-refractivity contribution < 1.29 is 9.53 Å². The maximum absolute atomic E-state index is 11.8. The van der Waals surface area contributed by atoms with E-state index in [0.717, 1.165) is 45.8 Å². The van der Waals surface area contributed by atoms with Crippen LogP contribution in [0.2, 0.25) is 0 Å². The predicted molar refractivity (Wildman–Crippen MR) is 68.9 cm³/mol. The Balaban J connectivity index is 2.14. The van der Waals surface area contributed by atoms with Crippen molar-refractivity contribution in [3.63, 3.8) is 0 Å². The summed E-state index contributed by atoms with van der Waals surface area (Å²) in [5.74, 6) is 0.760. The molecule has 1 fully saturated rings. The molecule has 1 heterocycles. The number of nitrogens with zero attached hydrogens (tertiary/aromatic N) is 1. The second-order valence-corrected chi connectivity index (χ2v) is 4.92. The van der Waals surface area contributed by atoms with Crippen LogP contribution in [-0.2, 0) is 9.53 Å². The van der Waals surface area contributed by atoms with E-state index in [9.17, 15) is 4.79 Å². The Bertz CT molecular complexity index is 227. The minimum Gasteiger partial charge on any atom is -0.379 e. The van der Waals surface area contributed by atoms with Gasteiger partial charge in [-0.3, -0.25) is 9.69 Å². The molecule has 0 aromatic rings. The summed E-state index contributed by atoms with van der Waals surface area (Å²) < 4.78 is 5.28. The number of morpholine rings is 1. The predicted octanol–water partition coefficient (Wildman–Crippen LogP) is 1.12. The van der Waals surface area contributed by atoms with Gasteiger partial charge in [-0.2, -0.15) is 0 Å². The minimum absolute atomic E-state index is 0.115. The van der Waals surface area contributed by atoms with E-state index in [1.54, 1.807) is 0 Å². The van der Waals surface area contributed by atoms with Gasteiger partial charge in [-0.25, -0.2) is 0 Å². The number of amides is 1. The van der Waals surface area contributed by atoms with Crippen LogP contribution in [0.4, 0.5) is 0 Å². The molecule has 0 saturated carbocycles. The molecule has 2 atom stereocenters. The lowest BCUT2D eigenvalue weighted by Crippen LogP contribution is -2.42. The molecule has 1 aliphatic rings. The van der Waals surface area contributed by atoms with E-state index < -0.39 is 0 Å². The van der Waals surface area contributed by atoms with Crippen molar-refractivity contribution in [3.8, 4) is 0 Å². The monoisotopic (exact) mass is 242 g/mol. The second kappa shape index (κ2) is 7.67. The van der Waals surface area contributed by atoms with Gasteiger partial charge in [0.25, 0.3) is 0 Å². The van der Waals surface area contributed by atoms with Crippen LogP contribution in [0.5, 0.6) is 0 Å². The first kappa shape index (κ1) is 14.5. The largest absolute Gasteiger partial charge is 0.379 e. The zero-order chi connectivity index (χ0) is 12.7. The van der Waals surface area contributed by atoms with Crippen LogP contribution in [0.3, 0.4) is 0 Å². The lowest BCUT2D eigenvalue weighted by atomic mass is 9.93. The van der Waals surface area contributed by atoms with Crippen molar-refractivity contribution >= 4 is 5.91 Å². The molecule has 0 bridgehead atoms. The van der Waals surface area contributed by atoms with Gasteiger partial charge in [0.15, 0.2) is 0 Å². The molecule has 1 rings (SSSR count). The lowest BCUT2D eigenvalue weighted by Gasteiger charge is -2.27. The second-order valence-electron chi connectivity index (χ2n) is 4.92. The van der Waals surface area contributed by atoms with E-state index in [1.807, 2.05) is 6.92 Å². The van der Waals surface area contributed by atoms with E-state index >= 15 is 0 Å². The molecule has 4 nitrogen and oxygen atoms in total. The van der Waals surface area contributed by atoms with Gasteiger partial charge < -0.3 is 10.1 Å². The molecular weight excluding hydrogens is 216 g/mol. The summed E-state index contributed by atoms with van der Waals surface area (Å²) >= 11 is 0. The van der Waals surface area contributed by atoms with Gasteiger partial charge in [-0.05, 0) is 5.92 Å². The highest BCUT2D eigenvalue weighted by Gasteiger charge is 2.18. The Morgan fingerprint density at radius 1 is 1.35 bits per heavy atom. The van der Waals surface area contributed by atoms with E-state index in [-0.39, 0.29) is 11.8 Å². The average molecular weight is 242 g/mol. The normalized spacial score (nSPS) is 20.9. The molecule has 0 aromatic carbocycles. The van der Waals surface area contributed by atoms with Crippen LogP contribution >= 0.6 is 0 Å². The summed E-state index contributed by atoms with van der Waals surface area (Å²) in [6.45, 7) is 11.6. The zero-order valence-corrected chi connectivity index (χ0v) is 11.4. The highest BCUT2D eigenvalue weighted by atomic mass is 16.5. The van der Waals surface area contributed by atoms with Crippen LogP contribution in [0.25, 0.3) is 0 Å². The molecule has 1 aliphatic heterocycles. The Morgan fingerprint density at radius 2 is 2.00 bits per heavy atom. The number of carbonyl (C=O) groups excluding carboxylic acids is 1. The fourth-order valence-electron chi connectivity index (χ4n) is 1.93. The van der Waals surface area contributed by atoms with Crippen LogP contribution in [0.1, 0.15) is 27.2 Å². The van der Waals surface area contributed by atoms with Gasteiger partial charge in [0.1, 0.15) is 0 Å². The molecule has 2 unspecified atom stereocenters. The number of nitrogens with one attached hydrogen (secondary N) is 1. The fourth-order valence-corrected chi connectivity index (χ4v) is 1.93. The van der Waals surface area contributed by atoms with Crippen molar-refractivity contribution in [2.45, 2.75) is 27.2 Å². The highest BCUT2D eigenvalue weighted by Crippen LogP contribution is 2.14. The molecule has 4 heteroatoms. The molecule has 1 amide bonds. The average Bonchev–Trinajstić information content (AvgIpc) is 2.38. The van der Waals surface area contributed by atoms with Gasteiger partial charge in [0.2, 0.25) is 5.91 Å². The quantitative estimate of drug-likeness (QED) is 0.759. The summed E-state index contributed by atoms with van der Waals surface area (Å²) in [7, 11) is 0. The van der Waals surface area contributed by atoms with Crippen molar-refractivity contribution in [2.24, 2.45) is 11.8 Å².